The SMILES string of the molecule is CC(C)(C)OC(=O)N1CC(n2cc(-c3cc(Br)c4c(c3)Nc3nccc(N5CCOCC5)c3CO4)cn2)C1. The van der Waals surface area contributed by atoms with Crippen molar-refractivity contribution in [3.8, 4) is 16.9 Å². The minimum atomic E-state index is -0.502. The van der Waals surface area contributed by atoms with Crippen LogP contribution >= 0.6 is 15.9 Å². The zero-order valence-electron chi connectivity index (χ0n) is 21.7. The third-order valence-electron chi connectivity index (χ3n) is 6.86. The van der Waals surface area contributed by atoms with E-state index in [4.69, 9.17) is 14.2 Å². The van der Waals surface area contributed by atoms with Crippen molar-refractivity contribution in [2.24, 2.45) is 0 Å². The van der Waals surface area contributed by atoms with Crippen LogP contribution in [0.3, 0.4) is 0 Å². The van der Waals surface area contributed by atoms with E-state index in [9.17, 15) is 4.79 Å². The number of nitrogens with one attached hydrogen (secondary N) is 1. The maximum absolute atomic E-state index is 12.3. The summed E-state index contributed by atoms with van der Waals surface area (Å²) in [5, 5.41) is 8.10. The largest absolute Gasteiger partial charge is 0.485 e. The van der Waals surface area contributed by atoms with Gasteiger partial charge in [0.25, 0.3) is 0 Å². The number of likely N-dealkylation sites (tertiary alicyclic amines) is 1. The van der Waals surface area contributed by atoms with Gasteiger partial charge in [-0.3, -0.25) is 4.68 Å². The molecule has 200 valence electrons. The average Bonchev–Trinajstić information content (AvgIpc) is 3.23. The molecule has 1 N–H and O–H groups in total. The normalized spacial score (nSPS) is 17.5. The molecule has 38 heavy (non-hydrogen) atoms. The molecular weight excluding hydrogens is 552 g/mol. The number of aromatic nitrogens is 3. The molecule has 1 amide bonds. The predicted molar refractivity (Wildman–Crippen MR) is 147 cm³/mol. The van der Waals surface area contributed by atoms with Gasteiger partial charge in [0.05, 0.1) is 41.2 Å². The number of ether oxygens (including phenoxy) is 3. The van der Waals surface area contributed by atoms with Crippen molar-refractivity contribution in [2.75, 3.05) is 49.6 Å². The molecule has 0 unspecified atom stereocenters. The molecule has 3 aliphatic rings. The molecule has 0 radical (unpaired) electrons. The van der Waals surface area contributed by atoms with Gasteiger partial charge in [-0.05, 0) is 60.5 Å². The molecule has 5 heterocycles. The fraction of sp³-hybridized carbons (Fsp3) is 0.444. The zero-order chi connectivity index (χ0) is 26.4. The van der Waals surface area contributed by atoms with Crippen LogP contribution in [-0.2, 0) is 16.1 Å². The molecule has 0 bridgehead atoms. The highest BCUT2D eigenvalue weighted by Crippen LogP contribution is 2.43. The summed E-state index contributed by atoms with van der Waals surface area (Å²) < 4.78 is 20.1. The number of rotatable bonds is 3. The number of hydrogen-bond acceptors (Lipinski definition) is 8. The summed E-state index contributed by atoms with van der Waals surface area (Å²) in [6.45, 7) is 10.3. The van der Waals surface area contributed by atoms with Crippen molar-refractivity contribution in [1.82, 2.24) is 19.7 Å². The first-order valence-corrected chi connectivity index (χ1v) is 13.6. The van der Waals surface area contributed by atoms with Crippen molar-refractivity contribution in [3.63, 3.8) is 0 Å². The second-order valence-corrected chi connectivity index (χ2v) is 11.6. The van der Waals surface area contributed by atoms with Crippen LogP contribution in [0.2, 0.25) is 0 Å². The monoisotopic (exact) mass is 582 g/mol. The third kappa shape index (κ3) is 4.92. The zero-order valence-corrected chi connectivity index (χ0v) is 23.3. The molecule has 10 nitrogen and oxygen atoms in total. The van der Waals surface area contributed by atoms with Crippen LogP contribution < -0.4 is 15.0 Å². The number of benzene rings is 1. The van der Waals surface area contributed by atoms with Gasteiger partial charge in [-0.2, -0.15) is 5.10 Å². The number of amides is 1. The first kappa shape index (κ1) is 25.0. The number of carbonyl (C=O) groups is 1. The number of fused-ring (bicyclic) bond motifs is 2. The summed E-state index contributed by atoms with van der Waals surface area (Å²) >= 11 is 3.72. The molecule has 0 aliphatic carbocycles. The Morgan fingerprint density at radius 1 is 1.18 bits per heavy atom. The lowest BCUT2D eigenvalue weighted by atomic mass is 10.1. The molecule has 11 heteroatoms. The van der Waals surface area contributed by atoms with Crippen molar-refractivity contribution < 1.29 is 19.0 Å². The van der Waals surface area contributed by atoms with Crippen LogP contribution in [0.5, 0.6) is 5.75 Å². The second kappa shape index (κ2) is 9.77. The highest BCUT2D eigenvalue weighted by atomic mass is 79.9. The predicted octanol–water partition coefficient (Wildman–Crippen LogP) is 4.97. The number of morpholine rings is 1. The summed E-state index contributed by atoms with van der Waals surface area (Å²) in [6, 6.07) is 6.27. The van der Waals surface area contributed by atoms with E-state index in [2.05, 4.69) is 42.3 Å². The Hall–Kier alpha value is -3.31. The summed E-state index contributed by atoms with van der Waals surface area (Å²) in [4.78, 5) is 20.9. The van der Waals surface area contributed by atoms with Crippen LogP contribution in [-0.4, -0.2) is 70.8 Å². The third-order valence-corrected chi connectivity index (χ3v) is 7.45. The lowest BCUT2D eigenvalue weighted by Gasteiger charge is -2.39. The number of hydrogen-bond donors (Lipinski definition) is 1. The molecule has 6 rings (SSSR count). The quantitative estimate of drug-likeness (QED) is 0.462. The number of anilines is 3. The Kier molecular flexibility index (Phi) is 6.43. The Morgan fingerprint density at radius 2 is 1.97 bits per heavy atom. The van der Waals surface area contributed by atoms with E-state index in [1.807, 2.05) is 56.2 Å². The molecule has 0 spiro atoms. The van der Waals surface area contributed by atoms with Crippen LogP contribution in [0, 0.1) is 0 Å². The molecule has 2 aromatic heterocycles. The van der Waals surface area contributed by atoms with Crippen LogP contribution in [0.1, 0.15) is 32.4 Å². The van der Waals surface area contributed by atoms with E-state index in [0.717, 1.165) is 57.2 Å². The van der Waals surface area contributed by atoms with E-state index in [0.29, 0.717) is 32.9 Å². The lowest BCUT2D eigenvalue weighted by Crippen LogP contribution is -2.52. The molecule has 1 aromatic carbocycles. The fourth-order valence-electron chi connectivity index (χ4n) is 4.89. The number of nitrogens with zero attached hydrogens (tertiary/aromatic N) is 5. The second-order valence-electron chi connectivity index (χ2n) is 10.8. The van der Waals surface area contributed by atoms with E-state index in [1.54, 1.807) is 4.90 Å². The van der Waals surface area contributed by atoms with Crippen molar-refractivity contribution >= 4 is 39.2 Å². The molecule has 3 aromatic rings. The molecular formula is C27H31BrN6O4. The maximum Gasteiger partial charge on any atom is 0.410 e. The summed E-state index contributed by atoms with van der Waals surface area (Å²) in [7, 11) is 0. The Labute approximate surface area is 230 Å². The van der Waals surface area contributed by atoms with Crippen LogP contribution in [0.15, 0.2) is 41.3 Å². The highest BCUT2D eigenvalue weighted by Gasteiger charge is 2.35. The van der Waals surface area contributed by atoms with Crippen LogP contribution in [0.25, 0.3) is 11.1 Å². The first-order valence-electron chi connectivity index (χ1n) is 12.8. The summed E-state index contributed by atoms with van der Waals surface area (Å²) in [6.07, 6.45) is 5.42. The Morgan fingerprint density at radius 3 is 2.74 bits per heavy atom. The van der Waals surface area contributed by atoms with Gasteiger partial charge in [0.15, 0.2) is 5.75 Å². The van der Waals surface area contributed by atoms with Gasteiger partial charge in [0, 0.05) is 49.8 Å². The standard InChI is InChI=1S/C27H31BrN6O4/c1-27(2,3)38-26(35)33-14-19(15-33)34-13-18(12-30-34)17-10-21(28)24-22(11-17)31-25-20(16-37-24)23(4-5-29-25)32-6-8-36-9-7-32/h4-5,10-13,19H,6-9,14-16H2,1-3H3,(H,29,31). The minimum absolute atomic E-state index is 0.122. The summed E-state index contributed by atoms with van der Waals surface area (Å²) in [5.41, 5.74) is 4.47. The van der Waals surface area contributed by atoms with Gasteiger partial charge in [0.2, 0.25) is 0 Å². The van der Waals surface area contributed by atoms with Gasteiger partial charge < -0.3 is 29.3 Å². The van der Waals surface area contributed by atoms with Gasteiger partial charge in [-0.15, -0.1) is 0 Å². The molecule has 2 saturated heterocycles. The van der Waals surface area contributed by atoms with Crippen LogP contribution in [0.4, 0.5) is 22.0 Å². The van der Waals surface area contributed by atoms with E-state index in [1.165, 1.54) is 0 Å². The van der Waals surface area contributed by atoms with Crippen molar-refractivity contribution in [3.05, 3.63) is 46.8 Å². The number of halogens is 1. The van der Waals surface area contributed by atoms with E-state index < -0.39 is 5.60 Å². The topological polar surface area (TPSA) is 94.0 Å². The van der Waals surface area contributed by atoms with Gasteiger partial charge in [0.1, 0.15) is 18.0 Å². The average molecular weight is 583 g/mol. The smallest absolute Gasteiger partial charge is 0.410 e. The highest BCUT2D eigenvalue weighted by molar-refractivity contribution is 9.10. The molecule has 3 aliphatic heterocycles. The fourth-order valence-corrected chi connectivity index (χ4v) is 5.46. The number of carbonyl (C=O) groups excluding carboxylic acids is 1. The van der Waals surface area contributed by atoms with E-state index in [-0.39, 0.29) is 12.1 Å². The summed E-state index contributed by atoms with van der Waals surface area (Å²) in [5.74, 6) is 1.54. The first-order chi connectivity index (χ1) is 18.2. The van der Waals surface area contributed by atoms with Gasteiger partial charge in [-0.25, -0.2) is 9.78 Å². The number of pyridine rings is 1. The minimum Gasteiger partial charge on any atom is -0.485 e. The Bertz CT molecular complexity index is 1360. The molecule has 0 atom stereocenters. The van der Waals surface area contributed by atoms with Crippen molar-refractivity contribution in [1.29, 1.82) is 0 Å². The van der Waals surface area contributed by atoms with Crippen molar-refractivity contribution in [2.45, 2.75) is 39.0 Å². The van der Waals surface area contributed by atoms with Gasteiger partial charge >= 0.3 is 6.09 Å². The lowest BCUT2D eigenvalue weighted by molar-refractivity contribution is -0.000383. The Balaban J connectivity index is 1.20. The maximum atomic E-state index is 12.3. The molecule has 2 fully saturated rings. The molecule has 0 saturated carbocycles. The van der Waals surface area contributed by atoms with E-state index >= 15 is 0 Å². The van der Waals surface area contributed by atoms with Gasteiger partial charge in [-0.1, -0.05) is 0 Å².